The second kappa shape index (κ2) is 3.05. The Morgan fingerprint density at radius 2 is 2.09 bits per heavy atom. The molecule has 1 aromatic carbocycles. The Labute approximate surface area is 63.9 Å². The molecule has 1 rings (SSSR count). The number of benzene rings is 1. The largest absolute Gasteiger partial charge is 0.508 e. The molecule has 0 unspecified atom stereocenters. The van der Waals surface area contributed by atoms with Crippen molar-refractivity contribution >= 4 is 6.29 Å². The van der Waals surface area contributed by atoms with Gasteiger partial charge in [0.15, 0.2) is 0 Å². The molecule has 58 valence electrons. The second-order valence-electron chi connectivity index (χ2n) is 2.18. The fraction of sp³-hybridized carbons (Fsp3) is 0.125. The number of hydrogen-bond acceptors (Lipinski definition) is 3. The third kappa shape index (κ3) is 1.70. The van der Waals surface area contributed by atoms with E-state index in [1.165, 1.54) is 18.2 Å². The number of aldehydes is 1. The molecule has 0 fully saturated rings. The molecule has 0 aliphatic rings. The number of phenolic OH excluding ortho intramolecular Hbond substituents is 2. The summed E-state index contributed by atoms with van der Waals surface area (Å²) in [7, 11) is 0. The monoisotopic (exact) mass is 152 g/mol. The summed E-state index contributed by atoms with van der Waals surface area (Å²) in [5, 5.41) is 18.0. The van der Waals surface area contributed by atoms with Crippen molar-refractivity contribution in [2.24, 2.45) is 0 Å². The third-order valence-electron chi connectivity index (χ3n) is 1.37. The summed E-state index contributed by atoms with van der Waals surface area (Å²) >= 11 is 0. The molecule has 0 aliphatic heterocycles. The van der Waals surface area contributed by atoms with Crippen LogP contribution in [-0.2, 0) is 11.2 Å². The molecule has 0 radical (unpaired) electrons. The van der Waals surface area contributed by atoms with Crippen LogP contribution in [0, 0.1) is 0 Å². The molecule has 11 heavy (non-hydrogen) atoms. The van der Waals surface area contributed by atoms with Crippen molar-refractivity contribution in [3.05, 3.63) is 23.8 Å². The average Bonchev–Trinajstić information content (AvgIpc) is 1.98. The number of phenols is 2. The van der Waals surface area contributed by atoms with E-state index >= 15 is 0 Å². The highest BCUT2D eigenvalue weighted by molar-refractivity contribution is 5.58. The summed E-state index contributed by atoms with van der Waals surface area (Å²) in [6.07, 6.45) is 0.800. The van der Waals surface area contributed by atoms with Crippen molar-refractivity contribution in [1.29, 1.82) is 0 Å². The molecule has 0 aliphatic carbocycles. The summed E-state index contributed by atoms with van der Waals surface area (Å²) in [5.74, 6) is 0.0922. The Kier molecular flexibility index (Phi) is 2.11. The van der Waals surface area contributed by atoms with E-state index in [2.05, 4.69) is 0 Å². The highest BCUT2D eigenvalue weighted by Gasteiger charge is 2.00. The fourth-order valence-corrected chi connectivity index (χ4v) is 0.825. The van der Waals surface area contributed by atoms with Crippen LogP contribution in [0.3, 0.4) is 0 Å². The molecule has 1 aromatic rings. The molecule has 3 heteroatoms. The number of carbonyl (C=O) groups is 1. The quantitative estimate of drug-likeness (QED) is 0.487. The van der Waals surface area contributed by atoms with Crippen LogP contribution in [-0.4, -0.2) is 16.5 Å². The maximum Gasteiger partial charge on any atom is 0.124 e. The zero-order chi connectivity index (χ0) is 8.27. The lowest BCUT2D eigenvalue weighted by Crippen LogP contribution is -1.85. The molecule has 3 nitrogen and oxygen atoms in total. The van der Waals surface area contributed by atoms with Crippen LogP contribution in [0.4, 0.5) is 0 Å². The SMILES string of the molecule is O=CCc1cc(O)ccc1O. The lowest BCUT2D eigenvalue weighted by atomic mass is 10.1. The minimum absolute atomic E-state index is 0.0369. The Hall–Kier alpha value is -1.51. The molecule has 0 amide bonds. The van der Waals surface area contributed by atoms with Gasteiger partial charge in [-0.05, 0) is 18.2 Å². The first-order valence-electron chi connectivity index (χ1n) is 3.18. The zero-order valence-electron chi connectivity index (χ0n) is 5.82. The average molecular weight is 152 g/mol. The molecule has 0 spiro atoms. The molecular formula is C8H8O3. The van der Waals surface area contributed by atoms with Gasteiger partial charge in [0.25, 0.3) is 0 Å². The summed E-state index contributed by atoms with van der Waals surface area (Å²) < 4.78 is 0. The van der Waals surface area contributed by atoms with Gasteiger partial charge < -0.3 is 15.0 Å². The summed E-state index contributed by atoms with van der Waals surface area (Å²) in [4.78, 5) is 10.0. The van der Waals surface area contributed by atoms with Crippen LogP contribution in [0.1, 0.15) is 5.56 Å². The Morgan fingerprint density at radius 3 is 2.73 bits per heavy atom. The van der Waals surface area contributed by atoms with Crippen molar-refractivity contribution in [3.63, 3.8) is 0 Å². The first-order valence-corrected chi connectivity index (χ1v) is 3.18. The maximum atomic E-state index is 10.0. The number of rotatable bonds is 2. The molecule has 2 N–H and O–H groups in total. The molecule has 0 atom stereocenters. The van der Waals surface area contributed by atoms with Gasteiger partial charge in [0.1, 0.15) is 17.8 Å². The van der Waals surface area contributed by atoms with E-state index < -0.39 is 0 Å². The van der Waals surface area contributed by atoms with E-state index in [9.17, 15) is 4.79 Å². The predicted octanol–water partition coefficient (Wildman–Crippen LogP) is 0.839. The van der Waals surface area contributed by atoms with Crippen LogP contribution < -0.4 is 0 Å². The Bertz CT molecular complexity index is 268. The standard InChI is InChI=1S/C8H8O3/c9-4-3-6-5-7(10)1-2-8(6)11/h1-2,4-5,10-11H,3H2. The minimum Gasteiger partial charge on any atom is -0.508 e. The van der Waals surface area contributed by atoms with Crippen LogP contribution >= 0.6 is 0 Å². The smallest absolute Gasteiger partial charge is 0.124 e. The van der Waals surface area contributed by atoms with E-state index in [0.717, 1.165) is 0 Å². The highest BCUT2D eigenvalue weighted by atomic mass is 16.3. The lowest BCUT2D eigenvalue weighted by molar-refractivity contribution is -0.107. The Morgan fingerprint density at radius 1 is 1.36 bits per heavy atom. The second-order valence-corrected chi connectivity index (χ2v) is 2.18. The summed E-state index contributed by atoms with van der Waals surface area (Å²) in [5.41, 5.74) is 0.444. The molecule has 0 saturated carbocycles. The minimum atomic E-state index is 0.0369. The van der Waals surface area contributed by atoms with Crippen molar-refractivity contribution in [1.82, 2.24) is 0 Å². The van der Waals surface area contributed by atoms with Gasteiger partial charge in [-0.25, -0.2) is 0 Å². The zero-order valence-corrected chi connectivity index (χ0v) is 5.82. The first kappa shape index (κ1) is 7.60. The van der Waals surface area contributed by atoms with E-state index in [1.54, 1.807) is 0 Å². The Balaban J connectivity index is 3.01. The van der Waals surface area contributed by atoms with Crippen LogP contribution in [0.5, 0.6) is 11.5 Å². The van der Waals surface area contributed by atoms with Crippen LogP contribution in [0.25, 0.3) is 0 Å². The van der Waals surface area contributed by atoms with Gasteiger partial charge in [-0.2, -0.15) is 0 Å². The van der Waals surface area contributed by atoms with Gasteiger partial charge in [0.05, 0.1) is 0 Å². The molecule has 0 aromatic heterocycles. The number of hydrogen-bond donors (Lipinski definition) is 2. The van der Waals surface area contributed by atoms with E-state index in [-0.39, 0.29) is 17.9 Å². The lowest BCUT2D eigenvalue weighted by Gasteiger charge is -1.99. The van der Waals surface area contributed by atoms with E-state index in [1.807, 2.05) is 0 Å². The van der Waals surface area contributed by atoms with Gasteiger partial charge >= 0.3 is 0 Å². The van der Waals surface area contributed by atoms with Crippen LogP contribution in [0.2, 0.25) is 0 Å². The van der Waals surface area contributed by atoms with E-state index in [0.29, 0.717) is 11.8 Å². The topological polar surface area (TPSA) is 57.5 Å². The first-order chi connectivity index (χ1) is 5.24. The van der Waals surface area contributed by atoms with Gasteiger partial charge in [-0.1, -0.05) is 0 Å². The summed E-state index contributed by atoms with van der Waals surface area (Å²) in [6.45, 7) is 0. The molecule has 0 saturated heterocycles. The van der Waals surface area contributed by atoms with Gasteiger partial charge in [0.2, 0.25) is 0 Å². The summed E-state index contributed by atoms with van der Waals surface area (Å²) in [6, 6.07) is 4.08. The highest BCUT2D eigenvalue weighted by Crippen LogP contribution is 2.21. The number of carbonyl (C=O) groups excluding carboxylic acids is 1. The normalized spacial score (nSPS) is 9.45. The third-order valence-corrected chi connectivity index (χ3v) is 1.37. The van der Waals surface area contributed by atoms with E-state index in [4.69, 9.17) is 10.2 Å². The fourth-order valence-electron chi connectivity index (χ4n) is 0.825. The van der Waals surface area contributed by atoms with Crippen molar-refractivity contribution in [3.8, 4) is 11.5 Å². The van der Waals surface area contributed by atoms with Crippen LogP contribution in [0.15, 0.2) is 18.2 Å². The maximum absolute atomic E-state index is 10.0. The number of aromatic hydroxyl groups is 2. The van der Waals surface area contributed by atoms with Crippen molar-refractivity contribution < 1.29 is 15.0 Å². The predicted molar refractivity (Wildman–Crippen MR) is 39.5 cm³/mol. The van der Waals surface area contributed by atoms with Gasteiger partial charge in [-0.15, -0.1) is 0 Å². The molecule has 0 bridgehead atoms. The van der Waals surface area contributed by atoms with Gasteiger partial charge in [0, 0.05) is 12.0 Å². The van der Waals surface area contributed by atoms with Crippen molar-refractivity contribution in [2.45, 2.75) is 6.42 Å². The van der Waals surface area contributed by atoms with Gasteiger partial charge in [-0.3, -0.25) is 0 Å². The van der Waals surface area contributed by atoms with Crippen molar-refractivity contribution in [2.75, 3.05) is 0 Å². The molecule has 0 heterocycles. The molecular weight excluding hydrogens is 144 g/mol.